The van der Waals surface area contributed by atoms with Gasteiger partial charge in [-0.1, -0.05) is 25.1 Å². The average molecular weight is 313 g/mol. The van der Waals surface area contributed by atoms with Gasteiger partial charge in [0.15, 0.2) is 6.10 Å². The van der Waals surface area contributed by atoms with Gasteiger partial charge >= 0.3 is 0 Å². The first-order valence-electron chi connectivity index (χ1n) is 9.19. The third-order valence-corrected chi connectivity index (χ3v) is 6.11. The Hall–Kier alpha value is -1.51. The van der Waals surface area contributed by atoms with Gasteiger partial charge < -0.3 is 10.1 Å². The molecule has 1 atom stereocenters. The van der Waals surface area contributed by atoms with Gasteiger partial charge in [0.05, 0.1) is 0 Å². The van der Waals surface area contributed by atoms with Gasteiger partial charge in [-0.2, -0.15) is 0 Å². The Morgan fingerprint density at radius 3 is 2.22 bits per heavy atom. The minimum Gasteiger partial charge on any atom is -0.481 e. The number of ether oxygens (including phenoxy) is 1. The van der Waals surface area contributed by atoms with Crippen LogP contribution < -0.4 is 10.1 Å². The Morgan fingerprint density at radius 1 is 1.13 bits per heavy atom. The summed E-state index contributed by atoms with van der Waals surface area (Å²) in [7, 11) is 0. The molecule has 124 valence electrons. The van der Waals surface area contributed by atoms with Crippen LogP contribution in [0.1, 0.15) is 51.9 Å². The predicted octanol–water partition coefficient (Wildman–Crippen LogP) is 3.93. The zero-order chi connectivity index (χ0) is 15.9. The molecule has 3 nitrogen and oxygen atoms in total. The van der Waals surface area contributed by atoms with E-state index in [1.165, 1.54) is 38.5 Å². The molecule has 3 heteroatoms. The molecular formula is C20H27NO2. The van der Waals surface area contributed by atoms with Crippen LogP contribution in [0, 0.1) is 17.8 Å². The van der Waals surface area contributed by atoms with Crippen LogP contribution in [0.4, 0.5) is 0 Å². The van der Waals surface area contributed by atoms with Crippen LogP contribution in [0.15, 0.2) is 30.3 Å². The Kier molecular flexibility index (Phi) is 3.82. The van der Waals surface area contributed by atoms with Crippen molar-refractivity contribution in [3.63, 3.8) is 0 Å². The van der Waals surface area contributed by atoms with Crippen molar-refractivity contribution in [2.75, 3.05) is 0 Å². The van der Waals surface area contributed by atoms with Gasteiger partial charge in [0.25, 0.3) is 5.91 Å². The largest absolute Gasteiger partial charge is 0.481 e. The van der Waals surface area contributed by atoms with E-state index in [1.807, 2.05) is 37.3 Å². The number of para-hydroxylation sites is 1. The topological polar surface area (TPSA) is 38.3 Å². The molecule has 1 N–H and O–H groups in total. The van der Waals surface area contributed by atoms with Crippen LogP contribution in [-0.4, -0.2) is 17.6 Å². The summed E-state index contributed by atoms with van der Waals surface area (Å²) in [6.07, 6.45) is 8.07. The first kappa shape index (κ1) is 15.0. The zero-order valence-electron chi connectivity index (χ0n) is 14.0. The van der Waals surface area contributed by atoms with E-state index >= 15 is 0 Å². The molecule has 4 saturated carbocycles. The van der Waals surface area contributed by atoms with Gasteiger partial charge in [-0.3, -0.25) is 4.79 Å². The summed E-state index contributed by atoms with van der Waals surface area (Å²) < 4.78 is 5.93. The maximum absolute atomic E-state index is 12.8. The summed E-state index contributed by atoms with van der Waals surface area (Å²) in [6.45, 7) is 2.02. The van der Waals surface area contributed by atoms with Crippen molar-refractivity contribution < 1.29 is 9.53 Å². The van der Waals surface area contributed by atoms with Crippen molar-refractivity contribution in [3.8, 4) is 5.75 Å². The number of carbonyl (C=O) groups excluding carboxylic acids is 1. The first-order valence-corrected chi connectivity index (χ1v) is 9.19. The maximum atomic E-state index is 12.8. The van der Waals surface area contributed by atoms with Crippen molar-refractivity contribution in [3.05, 3.63) is 30.3 Å². The summed E-state index contributed by atoms with van der Waals surface area (Å²) >= 11 is 0. The van der Waals surface area contributed by atoms with Gasteiger partial charge in [-0.25, -0.2) is 0 Å². The molecule has 1 aromatic carbocycles. The predicted molar refractivity (Wildman–Crippen MR) is 90.2 cm³/mol. The highest BCUT2D eigenvalue weighted by molar-refractivity contribution is 5.82. The SMILES string of the molecule is CC[C@@H](Oc1ccccc1)C(=O)NC12CC3CC(CC(C3)C1)C2. The molecule has 0 heterocycles. The number of amides is 1. The lowest BCUT2D eigenvalue weighted by Gasteiger charge is -2.57. The molecule has 5 rings (SSSR count). The molecule has 4 aliphatic rings. The lowest BCUT2D eigenvalue weighted by molar-refractivity contribution is -0.134. The van der Waals surface area contributed by atoms with Crippen LogP contribution in [0.2, 0.25) is 0 Å². The molecule has 23 heavy (non-hydrogen) atoms. The Morgan fingerprint density at radius 2 is 1.70 bits per heavy atom. The highest BCUT2D eigenvalue weighted by Gasteiger charge is 2.51. The van der Waals surface area contributed by atoms with Crippen LogP contribution >= 0.6 is 0 Å². The Balaban J connectivity index is 1.44. The third kappa shape index (κ3) is 2.98. The van der Waals surface area contributed by atoms with Gasteiger partial charge in [-0.05, 0) is 74.8 Å². The third-order valence-electron chi connectivity index (χ3n) is 6.11. The second-order valence-electron chi connectivity index (χ2n) is 8.01. The summed E-state index contributed by atoms with van der Waals surface area (Å²) in [5.74, 6) is 3.39. The second-order valence-corrected chi connectivity index (χ2v) is 8.01. The highest BCUT2D eigenvalue weighted by Crippen LogP contribution is 2.55. The quantitative estimate of drug-likeness (QED) is 0.894. The lowest BCUT2D eigenvalue weighted by Crippen LogP contribution is -2.61. The van der Waals surface area contributed by atoms with Crippen LogP contribution in [-0.2, 0) is 4.79 Å². The fourth-order valence-electron chi connectivity index (χ4n) is 5.59. The molecule has 4 bridgehead atoms. The summed E-state index contributed by atoms with van der Waals surface area (Å²) in [6, 6.07) is 9.68. The van der Waals surface area contributed by atoms with E-state index in [4.69, 9.17) is 4.74 Å². The van der Waals surface area contributed by atoms with E-state index in [9.17, 15) is 4.79 Å². The second kappa shape index (κ2) is 5.85. The van der Waals surface area contributed by atoms with Crippen LogP contribution in [0.25, 0.3) is 0 Å². The minimum absolute atomic E-state index is 0.0688. The summed E-state index contributed by atoms with van der Waals surface area (Å²) in [4.78, 5) is 12.8. The monoisotopic (exact) mass is 313 g/mol. The molecule has 0 aromatic heterocycles. The molecule has 0 aliphatic heterocycles. The number of nitrogens with one attached hydrogen (secondary N) is 1. The number of benzene rings is 1. The van der Waals surface area contributed by atoms with Crippen LogP contribution in [0.5, 0.6) is 5.75 Å². The maximum Gasteiger partial charge on any atom is 0.261 e. The average Bonchev–Trinajstić information content (AvgIpc) is 2.51. The molecule has 4 aliphatic carbocycles. The zero-order valence-corrected chi connectivity index (χ0v) is 14.0. The highest BCUT2D eigenvalue weighted by atomic mass is 16.5. The lowest BCUT2D eigenvalue weighted by atomic mass is 9.53. The molecule has 0 unspecified atom stereocenters. The number of carbonyl (C=O) groups is 1. The van der Waals surface area contributed by atoms with E-state index in [2.05, 4.69) is 5.32 Å². The Bertz CT molecular complexity index is 533. The van der Waals surface area contributed by atoms with Crippen molar-refractivity contribution in [1.29, 1.82) is 0 Å². The summed E-state index contributed by atoms with van der Waals surface area (Å²) in [5, 5.41) is 3.43. The number of rotatable bonds is 5. The van der Waals surface area contributed by atoms with Crippen LogP contribution in [0.3, 0.4) is 0 Å². The van der Waals surface area contributed by atoms with Gasteiger partial charge in [0.2, 0.25) is 0 Å². The van der Waals surface area contributed by atoms with Crippen molar-refractivity contribution in [1.82, 2.24) is 5.32 Å². The molecule has 0 radical (unpaired) electrons. The number of hydrogen-bond acceptors (Lipinski definition) is 2. The minimum atomic E-state index is -0.384. The Labute approximate surface area is 138 Å². The molecule has 1 aromatic rings. The van der Waals surface area contributed by atoms with Gasteiger partial charge in [0.1, 0.15) is 5.75 Å². The molecule has 4 fully saturated rings. The van der Waals surface area contributed by atoms with Gasteiger partial charge in [0, 0.05) is 5.54 Å². The smallest absolute Gasteiger partial charge is 0.261 e. The molecular weight excluding hydrogens is 286 g/mol. The van der Waals surface area contributed by atoms with E-state index < -0.39 is 0 Å². The fourth-order valence-corrected chi connectivity index (χ4v) is 5.59. The molecule has 0 spiro atoms. The molecule has 0 saturated heterocycles. The first-order chi connectivity index (χ1) is 11.2. The van der Waals surface area contributed by atoms with E-state index in [0.717, 1.165) is 23.5 Å². The molecule has 1 amide bonds. The standard InChI is InChI=1S/C20H27NO2/c1-2-18(23-17-6-4-3-5-7-17)19(22)21-20-11-14-8-15(12-20)10-16(9-14)13-20/h3-7,14-16,18H,2,8-13H2,1H3,(H,21,22)/t14?,15?,16?,18-,20?/m1/s1. The fraction of sp³-hybridized carbons (Fsp3) is 0.650. The summed E-state index contributed by atoms with van der Waals surface area (Å²) in [5.41, 5.74) is 0.0688. The number of hydrogen-bond donors (Lipinski definition) is 1. The van der Waals surface area contributed by atoms with E-state index in [-0.39, 0.29) is 17.6 Å². The van der Waals surface area contributed by atoms with Crippen molar-refractivity contribution in [2.24, 2.45) is 17.8 Å². The van der Waals surface area contributed by atoms with Gasteiger partial charge in [-0.15, -0.1) is 0 Å². The van der Waals surface area contributed by atoms with E-state index in [1.54, 1.807) is 0 Å². The van der Waals surface area contributed by atoms with Crippen molar-refractivity contribution in [2.45, 2.75) is 63.5 Å². The van der Waals surface area contributed by atoms with E-state index in [0.29, 0.717) is 6.42 Å². The van der Waals surface area contributed by atoms with Crippen molar-refractivity contribution >= 4 is 5.91 Å². The normalized spacial score (nSPS) is 35.8.